The van der Waals surface area contributed by atoms with Gasteiger partial charge in [0.1, 0.15) is 12.1 Å². The molecule has 4 heterocycles. The summed E-state index contributed by atoms with van der Waals surface area (Å²) in [7, 11) is 0. The van der Waals surface area contributed by atoms with E-state index in [0.717, 1.165) is 4.68 Å². The minimum Gasteiger partial charge on any atom is -0.328 e. The fraction of sp³-hybridized carbons (Fsp3) is 0.167. The molecule has 0 aliphatic rings. The van der Waals surface area contributed by atoms with E-state index in [4.69, 9.17) is 11.6 Å². The van der Waals surface area contributed by atoms with Crippen molar-refractivity contribution < 1.29 is 18.0 Å². The SMILES string of the molecule is CC(NC(=O)Nc1cc(C(F)(F)F)nn1-c1ncccc1Cl)c1ncnn1-c1ncccn1. The number of carbonyl (C=O) groups is 1. The number of nitrogens with one attached hydrogen (secondary N) is 2. The number of alkyl halides is 3. The fourth-order valence-corrected chi connectivity index (χ4v) is 3.02. The van der Waals surface area contributed by atoms with E-state index < -0.39 is 23.9 Å². The van der Waals surface area contributed by atoms with E-state index in [-0.39, 0.29) is 22.6 Å². The Labute approximate surface area is 188 Å². The van der Waals surface area contributed by atoms with Gasteiger partial charge in [-0.1, -0.05) is 11.6 Å². The second kappa shape index (κ2) is 8.82. The number of amides is 2. The summed E-state index contributed by atoms with van der Waals surface area (Å²) in [6.07, 6.45) is 0.871. The van der Waals surface area contributed by atoms with Gasteiger partial charge in [-0.05, 0) is 25.1 Å². The van der Waals surface area contributed by atoms with Gasteiger partial charge in [0.2, 0.25) is 0 Å². The summed E-state index contributed by atoms with van der Waals surface area (Å²) in [5.41, 5.74) is -1.23. The molecule has 2 N–H and O–H groups in total. The van der Waals surface area contributed by atoms with E-state index >= 15 is 0 Å². The molecule has 4 aromatic rings. The van der Waals surface area contributed by atoms with Crippen LogP contribution in [-0.2, 0) is 6.18 Å². The maximum absolute atomic E-state index is 13.2. The summed E-state index contributed by atoms with van der Waals surface area (Å²) in [6.45, 7) is 1.61. The first-order chi connectivity index (χ1) is 15.7. The third-order valence-corrected chi connectivity index (χ3v) is 4.53. The normalized spacial score (nSPS) is 12.4. The van der Waals surface area contributed by atoms with Crippen molar-refractivity contribution >= 4 is 23.4 Å². The standard InChI is InChI=1S/C18H14ClF3N10O/c1-10(14-26-9-27-32(14)16-24-6-3-7-25-16)28-17(33)29-13-8-12(18(20,21)22)30-31(13)15-11(19)4-2-5-23-15/h2-10H,1H3,(H2,28,29,33). The topological polar surface area (TPSA) is 128 Å². The highest BCUT2D eigenvalue weighted by Gasteiger charge is 2.36. The molecule has 11 nitrogen and oxygen atoms in total. The molecule has 0 spiro atoms. The van der Waals surface area contributed by atoms with Crippen molar-refractivity contribution in [2.45, 2.75) is 19.1 Å². The number of urea groups is 1. The van der Waals surface area contributed by atoms with Gasteiger partial charge in [-0.3, -0.25) is 5.32 Å². The summed E-state index contributed by atoms with van der Waals surface area (Å²) in [4.78, 5) is 28.8. The van der Waals surface area contributed by atoms with Gasteiger partial charge in [0.15, 0.2) is 17.3 Å². The molecule has 0 bridgehead atoms. The number of rotatable bonds is 5. The predicted molar refractivity (Wildman–Crippen MR) is 109 cm³/mol. The van der Waals surface area contributed by atoms with Gasteiger partial charge >= 0.3 is 12.2 Å². The number of anilines is 1. The number of hydrogen-bond acceptors (Lipinski definition) is 7. The molecule has 1 atom stereocenters. The van der Waals surface area contributed by atoms with Crippen molar-refractivity contribution in [3.05, 3.63) is 65.7 Å². The first-order valence-electron chi connectivity index (χ1n) is 9.27. The molecule has 0 radical (unpaired) electrons. The van der Waals surface area contributed by atoms with Crippen LogP contribution < -0.4 is 10.6 Å². The van der Waals surface area contributed by atoms with Crippen molar-refractivity contribution in [1.82, 2.24) is 44.8 Å². The molecule has 2 amide bonds. The Kier molecular flexibility index (Phi) is 5.91. The van der Waals surface area contributed by atoms with Gasteiger partial charge in [-0.25, -0.2) is 24.7 Å². The van der Waals surface area contributed by atoms with Crippen molar-refractivity contribution in [2.24, 2.45) is 0 Å². The molecular weight excluding hydrogens is 465 g/mol. The molecule has 4 rings (SSSR count). The highest BCUT2D eigenvalue weighted by atomic mass is 35.5. The minimum atomic E-state index is -4.75. The lowest BCUT2D eigenvalue weighted by molar-refractivity contribution is -0.141. The molecule has 0 aliphatic carbocycles. The maximum atomic E-state index is 13.2. The van der Waals surface area contributed by atoms with Crippen molar-refractivity contribution in [3.63, 3.8) is 0 Å². The summed E-state index contributed by atoms with van der Waals surface area (Å²) in [5.74, 6) is 0.157. The highest BCUT2D eigenvalue weighted by Crippen LogP contribution is 2.32. The third kappa shape index (κ3) is 4.74. The van der Waals surface area contributed by atoms with Crippen LogP contribution in [0, 0.1) is 0 Å². The van der Waals surface area contributed by atoms with E-state index in [1.54, 1.807) is 13.0 Å². The molecule has 0 aromatic carbocycles. The van der Waals surface area contributed by atoms with Gasteiger partial charge in [0.05, 0.1) is 11.1 Å². The van der Waals surface area contributed by atoms with Crippen LogP contribution in [0.15, 0.2) is 49.2 Å². The number of carbonyl (C=O) groups excluding carboxylic acids is 1. The average molecular weight is 479 g/mol. The van der Waals surface area contributed by atoms with Crippen LogP contribution in [0.1, 0.15) is 24.5 Å². The quantitative estimate of drug-likeness (QED) is 0.450. The average Bonchev–Trinajstić information content (AvgIpc) is 3.42. The molecule has 0 aliphatic heterocycles. The van der Waals surface area contributed by atoms with Crippen LogP contribution in [0.25, 0.3) is 11.8 Å². The molecule has 170 valence electrons. The van der Waals surface area contributed by atoms with E-state index in [1.165, 1.54) is 41.7 Å². The smallest absolute Gasteiger partial charge is 0.328 e. The fourth-order valence-electron chi connectivity index (χ4n) is 2.82. The number of pyridine rings is 1. The number of aromatic nitrogens is 8. The van der Waals surface area contributed by atoms with Crippen molar-refractivity contribution in [3.8, 4) is 11.8 Å². The molecule has 4 aromatic heterocycles. The second-order valence-corrected chi connectivity index (χ2v) is 6.94. The molecule has 15 heteroatoms. The largest absolute Gasteiger partial charge is 0.435 e. The highest BCUT2D eigenvalue weighted by molar-refractivity contribution is 6.32. The summed E-state index contributed by atoms with van der Waals surface area (Å²) >= 11 is 6.06. The van der Waals surface area contributed by atoms with Gasteiger partial charge in [-0.15, -0.1) is 0 Å². The van der Waals surface area contributed by atoms with E-state index in [0.29, 0.717) is 11.9 Å². The summed E-state index contributed by atoms with van der Waals surface area (Å²) < 4.78 is 41.9. The van der Waals surface area contributed by atoms with Crippen molar-refractivity contribution in [1.29, 1.82) is 0 Å². The zero-order valence-corrected chi connectivity index (χ0v) is 17.4. The Morgan fingerprint density at radius 2 is 1.82 bits per heavy atom. The number of nitrogens with zero attached hydrogens (tertiary/aromatic N) is 8. The minimum absolute atomic E-state index is 0.0436. The zero-order valence-electron chi connectivity index (χ0n) is 16.7. The van der Waals surface area contributed by atoms with Gasteiger partial charge < -0.3 is 5.32 Å². The van der Waals surface area contributed by atoms with Crippen molar-refractivity contribution in [2.75, 3.05) is 5.32 Å². The monoisotopic (exact) mass is 478 g/mol. The molecule has 0 fully saturated rings. The van der Waals surface area contributed by atoms with Crippen LogP contribution in [0.3, 0.4) is 0 Å². The Morgan fingerprint density at radius 1 is 1.09 bits per heavy atom. The molecular formula is C18H14ClF3N10O. The molecule has 1 unspecified atom stereocenters. The lowest BCUT2D eigenvalue weighted by Crippen LogP contribution is -2.33. The predicted octanol–water partition coefficient (Wildman–Crippen LogP) is 3.19. The number of halogens is 4. The van der Waals surface area contributed by atoms with Crippen LogP contribution in [0.4, 0.5) is 23.8 Å². The van der Waals surface area contributed by atoms with Crippen LogP contribution in [0.5, 0.6) is 0 Å². The first kappa shape index (κ1) is 22.1. The maximum Gasteiger partial charge on any atom is 0.435 e. The lowest BCUT2D eigenvalue weighted by atomic mass is 10.3. The van der Waals surface area contributed by atoms with Crippen LogP contribution in [0.2, 0.25) is 5.02 Å². The lowest BCUT2D eigenvalue weighted by Gasteiger charge is -2.15. The molecule has 0 saturated heterocycles. The Balaban J connectivity index is 1.58. The zero-order chi connectivity index (χ0) is 23.6. The summed E-state index contributed by atoms with van der Waals surface area (Å²) in [6, 6.07) is 3.70. The van der Waals surface area contributed by atoms with E-state index in [9.17, 15) is 18.0 Å². The van der Waals surface area contributed by atoms with Gasteiger partial charge in [-0.2, -0.15) is 32.7 Å². The van der Waals surface area contributed by atoms with Gasteiger partial charge in [0, 0.05) is 24.7 Å². The summed E-state index contributed by atoms with van der Waals surface area (Å²) in [5, 5.41) is 12.5. The van der Waals surface area contributed by atoms with Crippen LogP contribution >= 0.6 is 11.6 Å². The molecule has 33 heavy (non-hydrogen) atoms. The Hall–Kier alpha value is -4.07. The number of hydrogen-bond donors (Lipinski definition) is 2. The van der Waals surface area contributed by atoms with E-state index in [2.05, 4.69) is 40.8 Å². The van der Waals surface area contributed by atoms with E-state index in [1.807, 2.05) is 0 Å². The van der Waals surface area contributed by atoms with Crippen LogP contribution in [-0.4, -0.2) is 45.5 Å². The first-order valence-corrected chi connectivity index (χ1v) is 9.65. The van der Waals surface area contributed by atoms with Gasteiger partial charge in [0.25, 0.3) is 5.95 Å². The Morgan fingerprint density at radius 3 is 2.52 bits per heavy atom. The third-order valence-electron chi connectivity index (χ3n) is 4.23. The Bertz CT molecular complexity index is 1270. The molecule has 0 saturated carbocycles. The second-order valence-electron chi connectivity index (χ2n) is 6.53.